The van der Waals surface area contributed by atoms with Gasteiger partial charge < -0.3 is 14.1 Å². The summed E-state index contributed by atoms with van der Waals surface area (Å²) in [6.45, 7) is 0. The zero-order valence-corrected chi connectivity index (χ0v) is 18.5. The molecule has 0 amide bonds. The molecule has 4 aromatic carbocycles. The van der Waals surface area contributed by atoms with E-state index >= 15 is 0 Å². The van der Waals surface area contributed by atoms with Crippen molar-refractivity contribution in [1.82, 2.24) is 9.97 Å². The molecule has 0 aliphatic heterocycles. The smallest absolute Gasteiger partial charge is 0.231 e. The fourth-order valence-corrected chi connectivity index (χ4v) is 4.09. The lowest BCUT2D eigenvalue weighted by molar-refractivity contribution is 0.406. The molecule has 2 aromatic heterocycles. The minimum Gasteiger partial charge on any atom is -0.493 e. The average molecular weight is 444 g/mol. The number of imidazole rings is 1. The van der Waals surface area contributed by atoms with Crippen molar-refractivity contribution in [3.63, 3.8) is 0 Å². The Morgan fingerprint density at radius 2 is 1.56 bits per heavy atom. The first-order valence-corrected chi connectivity index (χ1v) is 11.0. The van der Waals surface area contributed by atoms with Crippen LogP contribution in [0, 0.1) is 0 Å². The van der Waals surface area contributed by atoms with Gasteiger partial charge in [0.05, 0.1) is 29.4 Å². The fourth-order valence-electron chi connectivity index (χ4n) is 4.09. The van der Waals surface area contributed by atoms with E-state index in [1.54, 1.807) is 7.11 Å². The monoisotopic (exact) mass is 443 g/mol. The SMILES string of the molecule is COc1cccc2cc(-c3nc4ccccc4[nH]3)c(=Nc3ccc(-c4ccccc4)cc3)oc12. The maximum absolute atomic E-state index is 6.33. The number of aromatic amines is 1. The maximum atomic E-state index is 6.33. The Morgan fingerprint density at radius 3 is 2.35 bits per heavy atom. The zero-order valence-electron chi connectivity index (χ0n) is 18.5. The molecular formula is C29H21N3O2. The first-order chi connectivity index (χ1) is 16.8. The Hall–Kier alpha value is -4.64. The quantitative estimate of drug-likeness (QED) is 0.323. The first kappa shape index (κ1) is 20.0. The average Bonchev–Trinajstić information content (AvgIpc) is 3.33. The Bertz CT molecular complexity index is 1650. The van der Waals surface area contributed by atoms with Gasteiger partial charge in [-0.2, -0.15) is 0 Å². The molecule has 6 aromatic rings. The number of hydrogen-bond donors (Lipinski definition) is 1. The van der Waals surface area contributed by atoms with Gasteiger partial charge in [-0.3, -0.25) is 0 Å². The van der Waals surface area contributed by atoms with Crippen LogP contribution in [-0.2, 0) is 0 Å². The van der Waals surface area contributed by atoms with Crippen LogP contribution in [0.2, 0.25) is 0 Å². The van der Waals surface area contributed by atoms with Gasteiger partial charge in [0.25, 0.3) is 0 Å². The molecule has 0 bridgehead atoms. The lowest BCUT2D eigenvalue weighted by Gasteiger charge is -2.07. The second-order valence-corrected chi connectivity index (χ2v) is 7.97. The number of para-hydroxylation sites is 3. The Labute approximate surface area is 196 Å². The first-order valence-electron chi connectivity index (χ1n) is 11.0. The molecule has 0 aliphatic rings. The van der Waals surface area contributed by atoms with Crippen LogP contribution in [0.3, 0.4) is 0 Å². The third kappa shape index (κ3) is 3.63. The highest BCUT2D eigenvalue weighted by molar-refractivity contribution is 5.86. The number of fused-ring (bicyclic) bond motifs is 2. The van der Waals surface area contributed by atoms with Crippen molar-refractivity contribution in [3.8, 4) is 28.3 Å². The molecule has 5 nitrogen and oxygen atoms in total. The van der Waals surface area contributed by atoms with E-state index in [2.05, 4.69) is 29.2 Å². The van der Waals surface area contributed by atoms with Crippen molar-refractivity contribution in [2.45, 2.75) is 0 Å². The van der Waals surface area contributed by atoms with E-state index in [-0.39, 0.29) is 0 Å². The maximum Gasteiger partial charge on any atom is 0.231 e. The molecule has 2 heterocycles. The van der Waals surface area contributed by atoms with Crippen LogP contribution in [0.15, 0.2) is 113 Å². The summed E-state index contributed by atoms with van der Waals surface area (Å²) >= 11 is 0. The molecule has 0 saturated carbocycles. The van der Waals surface area contributed by atoms with Crippen molar-refractivity contribution in [3.05, 3.63) is 109 Å². The second kappa shape index (κ2) is 8.37. The van der Waals surface area contributed by atoms with Crippen LogP contribution in [0.5, 0.6) is 5.75 Å². The molecule has 0 unspecified atom stereocenters. The minimum absolute atomic E-state index is 0.462. The zero-order chi connectivity index (χ0) is 22.9. The van der Waals surface area contributed by atoms with Gasteiger partial charge in [0.2, 0.25) is 5.55 Å². The standard InChI is InChI=1S/C29H21N3O2/c1-33-26-13-7-10-21-18-23(28-31-24-11-5-6-12-25(24)32-28)29(34-27(21)26)30-22-16-14-20(15-17-22)19-8-3-2-4-9-19/h2-18H,1H3,(H,31,32). The Balaban J connectivity index is 1.54. The van der Waals surface area contributed by atoms with Crippen molar-refractivity contribution in [2.24, 2.45) is 4.99 Å². The third-order valence-electron chi connectivity index (χ3n) is 5.81. The van der Waals surface area contributed by atoms with Gasteiger partial charge in [-0.15, -0.1) is 0 Å². The number of benzene rings is 4. The van der Waals surface area contributed by atoms with Crippen molar-refractivity contribution >= 4 is 27.7 Å². The lowest BCUT2D eigenvalue weighted by Crippen LogP contribution is -2.07. The predicted octanol–water partition coefficient (Wildman–Crippen LogP) is 6.88. The molecule has 0 aliphatic carbocycles. The molecule has 0 fully saturated rings. The van der Waals surface area contributed by atoms with Crippen LogP contribution in [0.1, 0.15) is 0 Å². The van der Waals surface area contributed by atoms with Gasteiger partial charge in [-0.1, -0.05) is 66.7 Å². The van der Waals surface area contributed by atoms with E-state index in [4.69, 9.17) is 19.1 Å². The number of nitrogens with one attached hydrogen (secondary N) is 1. The number of aromatic nitrogens is 2. The molecule has 34 heavy (non-hydrogen) atoms. The summed E-state index contributed by atoms with van der Waals surface area (Å²) in [7, 11) is 1.64. The summed E-state index contributed by atoms with van der Waals surface area (Å²) in [4.78, 5) is 13.0. The van der Waals surface area contributed by atoms with E-state index in [1.165, 1.54) is 0 Å². The van der Waals surface area contributed by atoms with Gasteiger partial charge in [-0.25, -0.2) is 9.98 Å². The lowest BCUT2D eigenvalue weighted by atomic mass is 10.1. The van der Waals surface area contributed by atoms with E-state index in [1.807, 2.05) is 78.9 Å². The van der Waals surface area contributed by atoms with E-state index in [9.17, 15) is 0 Å². The Kier molecular flexibility index (Phi) is 4.92. The number of ether oxygens (including phenoxy) is 1. The van der Waals surface area contributed by atoms with E-state index in [0.717, 1.165) is 38.8 Å². The molecule has 6 rings (SSSR count). The normalized spacial score (nSPS) is 11.9. The topological polar surface area (TPSA) is 63.4 Å². The number of H-pyrrole nitrogens is 1. The summed E-state index contributed by atoms with van der Waals surface area (Å²) in [5.41, 5.74) is 6.82. The summed E-state index contributed by atoms with van der Waals surface area (Å²) in [5, 5.41) is 0.910. The van der Waals surface area contributed by atoms with E-state index < -0.39 is 0 Å². The number of nitrogens with zero attached hydrogens (tertiary/aromatic N) is 2. The van der Waals surface area contributed by atoms with Crippen LogP contribution in [0.25, 0.3) is 44.5 Å². The van der Waals surface area contributed by atoms with Crippen LogP contribution >= 0.6 is 0 Å². The molecular weight excluding hydrogens is 422 g/mol. The van der Waals surface area contributed by atoms with Gasteiger partial charge in [-0.05, 0) is 47.5 Å². The van der Waals surface area contributed by atoms with Crippen molar-refractivity contribution in [2.75, 3.05) is 7.11 Å². The number of methoxy groups -OCH3 is 1. The third-order valence-corrected chi connectivity index (χ3v) is 5.81. The van der Waals surface area contributed by atoms with Gasteiger partial charge in [0.1, 0.15) is 5.82 Å². The molecule has 164 valence electrons. The van der Waals surface area contributed by atoms with E-state index in [0.29, 0.717) is 22.7 Å². The number of rotatable bonds is 4. The summed E-state index contributed by atoms with van der Waals surface area (Å²) in [5.74, 6) is 1.36. The highest BCUT2D eigenvalue weighted by Gasteiger charge is 2.13. The van der Waals surface area contributed by atoms with Crippen molar-refractivity contribution in [1.29, 1.82) is 0 Å². The molecule has 0 radical (unpaired) electrons. The highest BCUT2D eigenvalue weighted by atomic mass is 16.5. The van der Waals surface area contributed by atoms with Gasteiger partial charge in [0, 0.05) is 5.39 Å². The molecule has 0 saturated heterocycles. The minimum atomic E-state index is 0.462. The summed E-state index contributed by atoms with van der Waals surface area (Å²) in [6, 6.07) is 34.2. The van der Waals surface area contributed by atoms with Crippen LogP contribution in [0.4, 0.5) is 5.69 Å². The molecule has 1 N–H and O–H groups in total. The molecule has 0 atom stereocenters. The van der Waals surface area contributed by atoms with Crippen LogP contribution < -0.4 is 10.3 Å². The largest absolute Gasteiger partial charge is 0.493 e. The Morgan fingerprint density at radius 1 is 0.794 bits per heavy atom. The molecule has 0 spiro atoms. The summed E-state index contributed by atoms with van der Waals surface area (Å²) in [6.07, 6.45) is 0. The van der Waals surface area contributed by atoms with Crippen LogP contribution in [-0.4, -0.2) is 17.1 Å². The molecule has 5 heteroatoms. The fraction of sp³-hybridized carbons (Fsp3) is 0.0345. The second-order valence-electron chi connectivity index (χ2n) is 7.97. The highest BCUT2D eigenvalue weighted by Crippen LogP contribution is 2.28. The predicted molar refractivity (Wildman–Crippen MR) is 135 cm³/mol. The number of hydrogen-bond acceptors (Lipinski definition) is 4. The van der Waals surface area contributed by atoms with Gasteiger partial charge in [0.15, 0.2) is 11.3 Å². The van der Waals surface area contributed by atoms with Gasteiger partial charge >= 0.3 is 0 Å². The van der Waals surface area contributed by atoms with Crippen molar-refractivity contribution < 1.29 is 9.15 Å². The summed E-state index contributed by atoms with van der Waals surface area (Å²) < 4.78 is 11.9.